The SMILES string of the molecule is CB(O)O.CC.CCO.CCO.CCO.OCB(O)O. The Kier molecular flexibility index (Phi) is 114. The van der Waals surface area contributed by atoms with Crippen molar-refractivity contribution in [3.05, 3.63) is 0 Å². The smallest absolute Gasteiger partial charge is 0.427 e. The Morgan fingerprint density at radius 1 is 0.650 bits per heavy atom. The van der Waals surface area contributed by atoms with Gasteiger partial charge in [0.1, 0.15) is 0 Å². The molecular weight excluding hydrogens is 270 g/mol. The molecule has 0 atom stereocenters. The summed E-state index contributed by atoms with van der Waals surface area (Å²) in [5.41, 5.74) is 0. The van der Waals surface area contributed by atoms with Gasteiger partial charge in [-0.3, -0.25) is 0 Å². The molecule has 20 heavy (non-hydrogen) atoms. The van der Waals surface area contributed by atoms with Crippen LogP contribution in [0.1, 0.15) is 34.6 Å². The van der Waals surface area contributed by atoms with Gasteiger partial charge in [0.2, 0.25) is 0 Å². The highest BCUT2D eigenvalue weighted by Gasteiger charge is 1.98. The highest BCUT2D eigenvalue weighted by molar-refractivity contribution is 6.40. The highest BCUT2D eigenvalue weighted by atomic mass is 16.4. The molecule has 8 N–H and O–H groups in total. The molecule has 0 saturated carbocycles. The Morgan fingerprint density at radius 3 is 0.700 bits per heavy atom. The van der Waals surface area contributed by atoms with Crippen LogP contribution >= 0.6 is 0 Å². The lowest BCUT2D eigenvalue weighted by atomic mass is 9.95. The van der Waals surface area contributed by atoms with Crippen LogP contribution in [-0.2, 0) is 0 Å². The summed E-state index contributed by atoms with van der Waals surface area (Å²) in [6, 6.07) is 0. The molecule has 0 rings (SSSR count). The molecule has 8 nitrogen and oxygen atoms in total. The summed E-state index contributed by atoms with van der Waals surface area (Å²) >= 11 is 0. The molecule has 0 unspecified atom stereocenters. The van der Waals surface area contributed by atoms with Crippen molar-refractivity contribution in [3.63, 3.8) is 0 Å². The number of hydrogen-bond donors (Lipinski definition) is 8. The van der Waals surface area contributed by atoms with E-state index in [1.807, 2.05) is 13.8 Å². The fourth-order valence-electron chi connectivity index (χ4n) is 0. The third kappa shape index (κ3) is 1540. The number of aliphatic hydroxyl groups is 4. The van der Waals surface area contributed by atoms with E-state index in [2.05, 4.69) is 0 Å². The van der Waals surface area contributed by atoms with Gasteiger partial charge >= 0.3 is 14.2 Å². The minimum Gasteiger partial charge on any atom is -0.427 e. The van der Waals surface area contributed by atoms with E-state index >= 15 is 0 Å². The first-order valence-corrected chi connectivity index (χ1v) is 6.40. The van der Waals surface area contributed by atoms with Crippen LogP contribution in [0, 0.1) is 0 Å². The van der Waals surface area contributed by atoms with E-state index < -0.39 is 20.7 Å². The van der Waals surface area contributed by atoms with Gasteiger partial charge < -0.3 is 40.5 Å². The maximum Gasteiger partial charge on any atom is 0.478 e. The normalized spacial score (nSPS) is 6.30. The second-order valence-corrected chi connectivity index (χ2v) is 2.24. The van der Waals surface area contributed by atoms with Crippen molar-refractivity contribution < 1.29 is 40.5 Å². The third-order valence-electron chi connectivity index (χ3n) is 0.163. The standard InChI is InChI=1S/3C2H6O.C2H6.CH5BO3.CH5BO2/c3*1-2-3;1-2;3-1-2(4)5;1-2(3)4/h3*3H,2H2,1H3;1-2H3;3-5H,1H2;3-4H,1H3. The van der Waals surface area contributed by atoms with Crippen molar-refractivity contribution in [2.24, 2.45) is 0 Å². The molecule has 0 aromatic rings. The second kappa shape index (κ2) is 62.0. The fourth-order valence-corrected chi connectivity index (χ4v) is 0. The molecule has 0 heterocycles. The molecule has 0 amide bonds. The Bertz CT molecular complexity index is 82.1. The van der Waals surface area contributed by atoms with Crippen LogP contribution in [0.4, 0.5) is 0 Å². The molecule has 0 bridgehead atoms. The predicted molar refractivity (Wildman–Crippen MR) is 83.0 cm³/mol. The molecule has 0 aliphatic carbocycles. The van der Waals surface area contributed by atoms with E-state index in [0.29, 0.717) is 0 Å². The van der Waals surface area contributed by atoms with Crippen LogP contribution in [-0.4, -0.2) is 81.1 Å². The molecular formula is C10H34B2O8. The van der Waals surface area contributed by atoms with E-state index in [1.165, 1.54) is 6.82 Å². The average Bonchev–Trinajstić information content (AvgIpc) is 2.34. The molecule has 0 radical (unpaired) electrons. The monoisotopic (exact) mass is 304 g/mol. The minimum absolute atomic E-state index is 0.250. The van der Waals surface area contributed by atoms with Gasteiger partial charge in [0, 0.05) is 19.8 Å². The van der Waals surface area contributed by atoms with Crippen LogP contribution in [0.15, 0.2) is 0 Å². The van der Waals surface area contributed by atoms with E-state index in [1.54, 1.807) is 20.8 Å². The molecule has 0 aliphatic rings. The summed E-state index contributed by atoms with van der Waals surface area (Å²) in [5, 5.41) is 60.9. The lowest BCUT2D eigenvalue weighted by molar-refractivity contribution is 0.291. The van der Waals surface area contributed by atoms with Crippen LogP contribution in [0.2, 0.25) is 6.82 Å². The summed E-state index contributed by atoms with van der Waals surface area (Å²) in [7, 11) is -2.73. The molecule has 0 aromatic heterocycles. The van der Waals surface area contributed by atoms with E-state index in [0.717, 1.165) is 0 Å². The van der Waals surface area contributed by atoms with Crippen molar-refractivity contribution in [1.82, 2.24) is 0 Å². The van der Waals surface area contributed by atoms with Crippen LogP contribution in [0.3, 0.4) is 0 Å². The third-order valence-corrected chi connectivity index (χ3v) is 0.163. The zero-order valence-corrected chi connectivity index (χ0v) is 13.6. The number of rotatable bonds is 1. The maximum absolute atomic E-state index is 7.67. The summed E-state index contributed by atoms with van der Waals surface area (Å²) in [4.78, 5) is 0. The van der Waals surface area contributed by atoms with Gasteiger partial charge in [0.25, 0.3) is 0 Å². The lowest BCUT2D eigenvalue weighted by Crippen LogP contribution is -2.16. The molecule has 0 aliphatic heterocycles. The van der Waals surface area contributed by atoms with Crippen LogP contribution in [0.5, 0.6) is 0 Å². The van der Waals surface area contributed by atoms with Gasteiger partial charge in [-0.2, -0.15) is 0 Å². The zero-order valence-electron chi connectivity index (χ0n) is 13.6. The van der Waals surface area contributed by atoms with Gasteiger partial charge in [-0.05, 0) is 27.6 Å². The van der Waals surface area contributed by atoms with Gasteiger partial charge in [0.15, 0.2) is 0 Å². The average molecular weight is 304 g/mol. The molecule has 10 heteroatoms. The van der Waals surface area contributed by atoms with E-state index in [4.69, 9.17) is 40.5 Å². The van der Waals surface area contributed by atoms with Crippen LogP contribution < -0.4 is 0 Å². The Hall–Kier alpha value is -0.190. The molecule has 0 fully saturated rings. The second-order valence-electron chi connectivity index (χ2n) is 2.24. The van der Waals surface area contributed by atoms with Crippen molar-refractivity contribution in [2.75, 3.05) is 26.3 Å². The molecule has 128 valence electrons. The van der Waals surface area contributed by atoms with Crippen molar-refractivity contribution in [1.29, 1.82) is 0 Å². The lowest BCUT2D eigenvalue weighted by Gasteiger charge is -1.81. The first kappa shape index (κ1) is 36.8. The van der Waals surface area contributed by atoms with Gasteiger partial charge in [-0.25, -0.2) is 0 Å². The minimum atomic E-state index is -1.56. The maximum atomic E-state index is 7.67. The van der Waals surface area contributed by atoms with E-state index in [9.17, 15) is 0 Å². The summed E-state index contributed by atoms with van der Waals surface area (Å²) in [6.07, 6.45) is 0. The zero-order chi connectivity index (χ0) is 18.0. The fraction of sp³-hybridized carbons (Fsp3) is 1.00. The Balaban J connectivity index is -0.0000000302. The largest absolute Gasteiger partial charge is 0.478 e. The van der Waals surface area contributed by atoms with Gasteiger partial charge in [-0.1, -0.05) is 13.8 Å². The quantitative estimate of drug-likeness (QED) is 0.260. The molecule has 0 aromatic carbocycles. The van der Waals surface area contributed by atoms with Crippen LogP contribution in [0.25, 0.3) is 0 Å². The highest BCUT2D eigenvalue weighted by Crippen LogP contribution is 1.55. The Morgan fingerprint density at radius 2 is 0.700 bits per heavy atom. The summed E-state index contributed by atoms with van der Waals surface area (Å²) in [6.45, 7) is 10.5. The van der Waals surface area contributed by atoms with Crippen molar-refractivity contribution in [3.8, 4) is 0 Å². The first-order valence-electron chi connectivity index (χ1n) is 6.40. The number of hydrogen-bond acceptors (Lipinski definition) is 8. The van der Waals surface area contributed by atoms with Crippen molar-refractivity contribution in [2.45, 2.75) is 41.4 Å². The van der Waals surface area contributed by atoms with E-state index in [-0.39, 0.29) is 19.8 Å². The summed E-state index contributed by atoms with van der Waals surface area (Å²) < 4.78 is 0. The topological polar surface area (TPSA) is 162 Å². The van der Waals surface area contributed by atoms with Crippen molar-refractivity contribution >= 4 is 14.2 Å². The molecule has 0 saturated heterocycles. The Labute approximate surface area is 123 Å². The summed E-state index contributed by atoms with van der Waals surface area (Å²) in [5.74, 6) is 0. The molecule has 0 spiro atoms. The number of aliphatic hydroxyl groups excluding tert-OH is 4. The van der Waals surface area contributed by atoms with Gasteiger partial charge in [0.05, 0.1) is 6.51 Å². The first-order chi connectivity index (χ1) is 9.24. The van der Waals surface area contributed by atoms with Gasteiger partial charge in [-0.15, -0.1) is 0 Å². The predicted octanol–water partition coefficient (Wildman–Crippen LogP) is -1.90.